The lowest BCUT2D eigenvalue weighted by Crippen LogP contribution is -2.63. The third-order valence-corrected chi connectivity index (χ3v) is 7.34. The smallest absolute Gasteiger partial charge is 0.338 e. The maximum atomic E-state index is 13.5. The fourth-order valence-electron chi connectivity index (χ4n) is 5.44. The van der Waals surface area contributed by atoms with Crippen LogP contribution in [0.25, 0.3) is 0 Å². The van der Waals surface area contributed by atoms with Gasteiger partial charge in [0.05, 0.1) is 18.2 Å². The standard InChI is InChI=1S/C25H34FN5O4/c1-2-35-22(32)20-19(28-24(34)29-21(20)17-6-8-18(26)9-7-17)16-30-14-10-25(11-15-30,23(27)33)31-12-4-3-5-13-31/h6-9,21H,2-5,10-16H2,1H3,(H2,27,33)(H2,28,29,34)/t21-/m0/s1. The molecule has 9 nitrogen and oxygen atoms in total. The fraction of sp³-hybridized carbons (Fsp3) is 0.560. The number of nitrogens with two attached hydrogens (primary N) is 1. The van der Waals surface area contributed by atoms with Crippen molar-refractivity contribution in [2.24, 2.45) is 5.73 Å². The van der Waals surface area contributed by atoms with Crippen LogP contribution in [0, 0.1) is 5.82 Å². The van der Waals surface area contributed by atoms with Crippen molar-refractivity contribution in [1.29, 1.82) is 0 Å². The van der Waals surface area contributed by atoms with Crippen LogP contribution in [0.4, 0.5) is 9.18 Å². The number of nitrogens with one attached hydrogen (secondary N) is 2. The molecule has 190 valence electrons. The Morgan fingerprint density at radius 1 is 1.11 bits per heavy atom. The predicted octanol–water partition coefficient (Wildman–Crippen LogP) is 1.80. The number of hydrogen-bond donors (Lipinski definition) is 3. The van der Waals surface area contributed by atoms with Crippen molar-refractivity contribution in [2.45, 2.75) is 50.6 Å². The van der Waals surface area contributed by atoms with Gasteiger partial charge in [-0.1, -0.05) is 18.6 Å². The van der Waals surface area contributed by atoms with E-state index in [0.29, 0.717) is 49.3 Å². The highest BCUT2D eigenvalue weighted by molar-refractivity contribution is 5.95. The van der Waals surface area contributed by atoms with Gasteiger partial charge in [0.1, 0.15) is 11.4 Å². The van der Waals surface area contributed by atoms with Crippen LogP contribution in [0.2, 0.25) is 0 Å². The number of carbonyl (C=O) groups is 3. The zero-order chi connectivity index (χ0) is 25.0. The number of ether oxygens (including phenoxy) is 1. The Morgan fingerprint density at radius 2 is 1.77 bits per heavy atom. The zero-order valence-electron chi connectivity index (χ0n) is 20.1. The maximum absolute atomic E-state index is 13.5. The topological polar surface area (TPSA) is 117 Å². The Bertz CT molecular complexity index is 982. The first-order chi connectivity index (χ1) is 16.8. The number of primary amides is 1. The van der Waals surface area contributed by atoms with E-state index in [-0.39, 0.29) is 12.5 Å². The lowest BCUT2D eigenvalue weighted by Gasteiger charge is -2.48. The molecule has 2 saturated heterocycles. The summed E-state index contributed by atoms with van der Waals surface area (Å²) < 4.78 is 18.8. The van der Waals surface area contributed by atoms with Gasteiger partial charge in [-0.25, -0.2) is 14.0 Å². The quantitative estimate of drug-likeness (QED) is 0.505. The highest BCUT2D eigenvalue weighted by Crippen LogP contribution is 2.33. The van der Waals surface area contributed by atoms with Crippen molar-refractivity contribution in [2.75, 3.05) is 39.3 Å². The summed E-state index contributed by atoms with van der Waals surface area (Å²) in [6.45, 7) is 5.17. The number of hydrogen-bond acceptors (Lipinski definition) is 6. The summed E-state index contributed by atoms with van der Waals surface area (Å²) >= 11 is 0. The lowest BCUT2D eigenvalue weighted by molar-refractivity contribution is -0.139. The van der Waals surface area contributed by atoms with Crippen LogP contribution in [0.1, 0.15) is 50.6 Å². The molecule has 0 unspecified atom stereocenters. The van der Waals surface area contributed by atoms with Crippen molar-refractivity contribution in [1.82, 2.24) is 20.4 Å². The van der Waals surface area contributed by atoms with Gasteiger partial charge >= 0.3 is 12.0 Å². The van der Waals surface area contributed by atoms with Crippen molar-refractivity contribution in [3.8, 4) is 0 Å². The largest absolute Gasteiger partial charge is 0.463 e. The molecule has 1 aromatic carbocycles. The monoisotopic (exact) mass is 487 g/mol. The molecular weight excluding hydrogens is 453 g/mol. The molecule has 4 N–H and O–H groups in total. The third kappa shape index (κ3) is 5.33. The minimum Gasteiger partial charge on any atom is -0.463 e. The van der Waals surface area contributed by atoms with Crippen LogP contribution in [-0.2, 0) is 14.3 Å². The van der Waals surface area contributed by atoms with Gasteiger partial charge in [-0.15, -0.1) is 0 Å². The highest BCUT2D eigenvalue weighted by atomic mass is 19.1. The van der Waals surface area contributed by atoms with E-state index in [2.05, 4.69) is 20.4 Å². The molecule has 4 rings (SSSR count). The summed E-state index contributed by atoms with van der Waals surface area (Å²) in [5.41, 5.74) is 6.58. The normalized spacial score (nSPS) is 23.4. The fourth-order valence-corrected chi connectivity index (χ4v) is 5.44. The SMILES string of the molecule is CCOC(=O)C1=C(CN2CCC(C(N)=O)(N3CCCCC3)CC2)NC(=O)N[C@H]1c1ccc(F)cc1. The number of rotatable bonds is 7. The Labute approximate surface area is 204 Å². The molecule has 35 heavy (non-hydrogen) atoms. The molecule has 1 atom stereocenters. The van der Waals surface area contributed by atoms with Gasteiger partial charge in [0, 0.05) is 25.3 Å². The molecular formula is C25H34FN5O4. The minimum absolute atomic E-state index is 0.181. The molecule has 0 aliphatic carbocycles. The minimum atomic E-state index is -0.763. The van der Waals surface area contributed by atoms with Crippen LogP contribution in [0.15, 0.2) is 35.5 Å². The maximum Gasteiger partial charge on any atom is 0.338 e. The van der Waals surface area contributed by atoms with E-state index in [1.807, 2.05) is 0 Å². The molecule has 0 saturated carbocycles. The first kappa shape index (κ1) is 25.1. The lowest BCUT2D eigenvalue weighted by atomic mass is 9.83. The van der Waals surface area contributed by atoms with Gasteiger partial charge in [0.2, 0.25) is 5.91 Å². The number of benzene rings is 1. The Morgan fingerprint density at radius 3 is 2.37 bits per heavy atom. The van der Waals surface area contributed by atoms with E-state index >= 15 is 0 Å². The van der Waals surface area contributed by atoms with Crippen LogP contribution >= 0.6 is 0 Å². The van der Waals surface area contributed by atoms with Crippen molar-refractivity contribution in [3.05, 3.63) is 46.9 Å². The summed E-state index contributed by atoms with van der Waals surface area (Å²) in [7, 11) is 0. The second kappa shape index (κ2) is 10.7. The average Bonchev–Trinajstić information content (AvgIpc) is 2.85. The van der Waals surface area contributed by atoms with Crippen LogP contribution in [0.3, 0.4) is 0 Å². The molecule has 1 aromatic rings. The van der Waals surface area contributed by atoms with E-state index in [1.165, 1.54) is 18.6 Å². The number of carbonyl (C=O) groups excluding carboxylic acids is 3. The highest BCUT2D eigenvalue weighted by Gasteiger charge is 2.45. The third-order valence-electron chi connectivity index (χ3n) is 7.34. The van der Waals surface area contributed by atoms with Crippen LogP contribution in [0.5, 0.6) is 0 Å². The molecule has 0 aromatic heterocycles. The van der Waals surface area contributed by atoms with Gasteiger partial charge in [0.25, 0.3) is 0 Å². The van der Waals surface area contributed by atoms with Crippen LogP contribution in [-0.4, -0.2) is 72.6 Å². The van der Waals surface area contributed by atoms with Crippen molar-refractivity contribution in [3.63, 3.8) is 0 Å². The van der Waals surface area contributed by atoms with Gasteiger partial charge in [-0.05, 0) is 63.4 Å². The molecule has 3 aliphatic rings. The first-order valence-electron chi connectivity index (χ1n) is 12.3. The predicted molar refractivity (Wildman–Crippen MR) is 127 cm³/mol. The molecule has 0 radical (unpaired) electrons. The zero-order valence-corrected chi connectivity index (χ0v) is 20.1. The number of amides is 3. The second-order valence-electron chi connectivity index (χ2n) is 9.42. The molecule has 0 bridgehead atoms. The Balaban J connectivity index is 1.57. The number of esters is 1. The second-order valence-corrected chi connectivity index (χ2v) is 9.42. The van der Waals surface area contributed by atoms with E-state index in [9.17, 15) is 18.8 Å². The molecule has 3 aliphatic heterocycles. The summed E-state index contributed by atoms with van der Waals surface area (Å²) in [5.74, 6) is -1.23. The summed E-state index contributed by atoms with van der Waals surface area (Å²) in [6, 6.07) is 4.47. The van der Waals surface area contributed by atoms with E-state index in [4.69, 9.17) is 10.5 Å². The van der Waals surface area contributed by atoms with Gasteiger partial charge < -0.3 is 21.1 Å². The van der Waals surface area contributed by atoms with Crippen molar-refractivity contribution < 1.29 is 23.5 Å². The molecule has 0 spiro atoms. The number of nitrogens with zero attached hydrogens (tertiary/aromatic N) is 2. The molecule has 3 heterocycles. The average molecular weight is 488 g/mol. The Hall–Kier alpha value is -2.98. The van der Waals surface area contributed by atoms with Gasteiger partial charge in [-0.2, -0.15) is 0 Å². The molecule has 2 fully saturated rings. The van der Waals surface area contributed by atoms with E-state index in [0.717, 1.165) is 25.9 Å². The van der Waals surface area contributed by atoms with Crippen LogP contribution < -0.4 is 16.4 Å². The van der Waals surface area contributed by atoms with Crippen molar-refractivity contribution >= 4 is 17.9 Å². The van der Waals surface area contributed by atoms with E-state index in [1.54, 1.807) is 19.1 Å². The van der Waals surface area contributed by atoms with Gasteiger partial charge in [0.15, 0.2) is 0 Å². The number of urea groups is 1. The number of halogens is 1. The summed E-state index contributed by atoms with van der Waals surface area (Å²) in [6.07, 6.45) is 4.50. The first-order valence-corrected chi connectivity index (χ1v) is 12.3. The Kier molecular flexibility index (Phi) is 7.71. The summed E-state index contributed by atoms with van der Waals surface area (Å²) in [4.78, 5) is 42.4. The number of likely N-dealkylation sites (tertiary alicyclic amines) is 2. The molecule has 3 amide bonds. The van der Waals surface area contributed by atoms with Gasteiger partial charge in [-0.3, -0.25) is 14.6 Å². The molecule has 10 heteroatoms. The number of piperidine rings is 2. The summed E-state index contributed by atoms with van der Waals surface area (Å²) in [5, 5.41) is 5.54. The van der Waals surface area contributed by atoms with E-state index < -0.39 is 29.4 Å².